The molecule has 0 amide bonds. The van der Waals surface area contributed by atoms with Crippen LogP contribution in [0.5, 0.6) is 0 Å². The maximum atomic E-state index is 12.7. The highest BCUT2D eigenvalue weighted by Gasteiger charge is 2.33. The summed E-state index contributed by atoms with van der Waals surface area (Å²) in [5.41, 5.74) is -1.73. The van der Waals surface area contributed by atoms with Crippen molar-refractivity contribution >= 4 is 11.4 Å². The van der Waals surface area contributed by atoms with Gasteiger partial charge in [0.05, 0.1) is 10.5 Å². The minimum absolute atomic E-state index is 0.00783. The second-order valence-electron chi connectivity index (χ2n) is 5.66. The average Bonchev–Trinajstić information content (AvgIpc) is 3.01. The Labute approximate surface area is 146 Å². The van der Waals surface area contributed by atoms with Crippen LogP contribution in [0.2, 0.25) is 0 Å². The van der Waals surface area contributed by atoms with Crippen molar-refractivity contribution in [3.63, 3.8) is 0 Å². The van der Waals surface area contributed by atoms with Gasteiger partial charge >= 0.3 is 6.18 Å². The summed E-state index contributed by atoms with van der Waals surface area (Å²) >= 11 is 0. The SMILES string of the molecule is CNC(C)Cc1noc(CCNc2ccc(C(F)(F)F)cc2[N+](=O)[O-])n1. The molecule has 2 N–H and O–H groups in total. The molecule has 0 aliphatic carbocycles. The molecule has 1 atom stereocenters. The van der Waals surface area contributed by atoms with Crippen LogP contribution in [-0.2, 0) is 19.0 Å². The van der Waals surface area contributed by atoms with E-state index in [0.29, 0.717) is 24.2 Å². The fourth-order valence-electron chi connectivity index (χ4n) is 2.16. The molecule has 0 saturated heterocycles. The van der Waals surface area contributed by atoms with Crippen LogP contribution in [0.3, 0.4) is 0 Å². The topological polar surface area (TPSA) is 106 Å². The van der Waals surface area contributed by atoms with Crippen molar-refractivity contribution in [2.75, 3.05) is 18.9 Å². The Morgan fingerprint density at radius 1 is 1.38 bits per heavy atom. The van der Waals surface area contributed by atoms with Gasteiger partial charge in [0.15, 0.2) is 5.82 Å². The predicted molar refractivity (Wildman–Crippen MR) is 86.8 cm³/mol. The molecule has 0 bridgehead atoms. The molecule has 1 aromatic heterocycles. The number of nitro groups is 1. The van der Waals surface area contributed by atoms with E-state index < -0.39 is 22.4 Å². The number of nitro benzene ring substituents is 1. The first kappa shape index (κ1) is 19.6. The quantitative estimate of drug-likeness (QED) is 0.541. The van der Waals surface area contributed by atoms with Gasteiger partial charge in [-0.15, -0.1) is 0 Å². The first-order chi connectivity index (χ1) is 12.2. The van der Waals surface area contributed by atoms with Crippen LogP contribution in [0.1, 0.15) is 24.2 Å². The van der Waals surface area contributed by atoms with E-state index in [2.05, 4.69) is 20.8 Å². The van der Waals surface area contributed by atoms with Gasteiger partial charge in [0.25, 0.3) is 5.69 Å². The van der Waals surface area contributed by atoms with E-state index in [4.69, 9.17) is 4.52 Å². The molecule has 11 heteroatoms. The molecule has 8 nitrogen and oxygen atoms in total. The molecule has 0 fully saturated rings. The number of likely N-dealkylation sites (N-methyl/N-ethyl adjacent to an activating group) is 1. The lowest BCUT2D eigenvalue weighted by atomic mass is 10.1. The molecule has 2 rings (SSSR count). The van der Waals surface area contributed by atoms with Crippen LogP contribution in [0.4, 0.5) is 24.5 Å². The third kappa shape index (κ3) is 5.15. The van der Waals surface area contributed by atoms with E-state index in [1.807, 2.05) is 14.0 Å². The Bertz CT molecular complexity index is 763. The second-order valence-corrected chi connectivity index (χ2v) is 5.66. The third-order valence-electron chi connectivity index (χ3n) is 3.67. The Kier molecular flexibility index (Phi) is 6.14. The van der Waals surface area contributed by atoms with Gasteiger partial charge < -0.3 is 15.2 Å². The zero-order valence-electron chi connectivity index (χ0n) is 14.1. The molecule has 2 aromatic rings. The van der Waals surface area contributed by atoms with Crippen LogP contribution in [-0.4, -0.2) is 34.7 Å². The summed E-state index contributed by atoms with van der Waals surface area (Å²) in [6.07, 6.45) is -3.79. The maximum absolute atomic E-state index is 12.7. The van der Waals surface area contributed by atoms with E-state index in [-0.39, 0.29) is 24.7 Å². The Morgan fingerprint density at radius 2 is 2.12 bits per heavy atom. The molecule has 0 aliphatic heterocycles. The average molecular weight is 373 g/mol. The van der Waals surface area contributed by atoms with E-state index in [9.17, 15) is 23.3 Å². The number of halogens is 3. The predicted octanol–water partition coefficient (Wildman–Crippen LogP) is 2.80. The fraction of sp³-hybridized carbons (Fsp3) is 0.467. The van der Waals surface area contributed by atoms with Crippen molar-refractivity contribution in [2.24, 2.45) is 0 Å². The van der Waals surface area contributed by atoms with Crippen molar-refractivity contribution in [2.45, 2.75) is 32.0 Å². The number of anilines is 1. The highest BCUT2D eigenvalue weighted by molar-refractivity contribution is 5.62. The molecule has 142 valence electrons. The maximum Gasteiger partial charge on any atom is 0.416 e. The highest BCUT2D eigenvalue weighted by Crippen LogP contribution is 2.34. The van der Waals surface area contributed by atoms with Crippen LogP contribution >= 0.6 is 0 Å². The molecular formula is C15H18F3N5O3. The number of hydrogen-bond donors (Lipinski definition) is 2. The molecule has 26 heavy (non-hydrogen) atoms. The number of nitrogens with one attached hydrogen (secondary N) is 2. The van der Waals surface area contributed by atoms with Crippen LogP contribution in [0, 0.1) is 10.1 Å². The fourth-order valence-corrected chi connectivity index (χ4v) is 2.16. The van der Waals surface area contributed by atoms with Crippen molar-refractivity contribution in [3.8, 4) is 0 Å². The molecule has 0 radical (unpaired) electrons. The monoisotopic (exact) mass is 373 g/mol. The number of hydrogen-bond acceptors (Lipinski definition) is 7. The third-order valence-corrected chi connectivity index (χ3v) is 3.67. The molecule has 0 saturated carbocycles. The smallest absolute Gasteiger partial charge is 0.379 e. The minimum Gasteiger partial charge on any atom is -0.379 e. The van der Waals surface area contributed by atoms with Gasteiger partial charge in [-0.3, -0.25) is 10.1 Å². The number of rotatable bonds is 8. The Hall–Kier alpha value is -2.69. The molecule has 0 spiro atoms. The largest absolute Gasteiger partial charge is 0.416 e. The van der Waals surface area contributed by atoms with Crippen LogP contribution in [0.15, 0.2) is 22.7 Å². The van der Waals surface area contributed by atoms with Gasteiger partial charge in [0, 0.05) is 31.5 Å². The number of alkyl halides is 3. The van der Waals surface area contributed by atoms with Crippen molar-refractivity contribution in [1.29, 1.82) is 0 Å². The van der Waals surface area contributed by atoms with Gasteiger partial charge in [-0.25, -0.2) is 0 Å². The molecule has 0 aliphatic rings. The summed E-state index contributed by atoms with van der Waals surface area (Å²) in [4.78, 5) is 14.4. The van der Waals surface area contributed by atoms with Gasteiger partial charge in [-0.05, 0) is 26.1 Å². The summed E-state index contributed by atoms with van der Waals surface area (Å²) in [6.45, 7) is 2.15. The minimum atomic E-state index is -4.64. The summed E-state index contributed by atoms with van der Waals surface area (Å²) < 4.78 is 43.1. The first-order valence-corrected chi connectivity index (χ1v) is 7.79. The molecular weight excluding hydrogens is 355 g/mol. The summed E-state index contributed by atoms with van der Waals surface area (Å²) in [5.74, 6) is 0.868. The lowest BCUT2D eigenvalue weighted by Gasteiger charge is -2.10. The second kappa shape index (κ2) is 8.13. The zero-order chi connectivity index (χ0) is 19.3. The first-order valence-electron chi connectivity index (χ1n) is 7.79. The standard InChI is InChI=1S/C15H18F3N5O3/c1-9(19-2)7-13-21-14(26-22-13)5-6-20-11-4-3-10(15(16,17)18)8-12(11)23(24)25/h3-4,8-9,19-20H,5-7H2,1-2H3. The van der Waals surface area contributed by atoms with Crippen molar-refractivity contribution in [1.82, 2.24) is 15.5 Å². The van der Waals surface area contributed by atoms with E-state index in [1.54, 1.807) is 0 Å². The zero-order valence-corrected chi connectivity index (χ0v) is 14.1. The van der Waals surface area contributed by atoms with E-state index >= 15 is 0 Å². The highest BCUT2D eigenvalue weighted by atomic mass is 19.4. The molecule has 1 unspecified atom stereocenters. The van der Waals surface area contributed by atoms with E-state index in [0.717, 1.165) is 12.1 Å². The lowest BCUT2D eigenvalue weighted by molar-refractivity contribution is -0.384. The van der Waals surface area contributed by atoms with Crippen LogP contribution < -0.4 is 10.6 Å². The van der Waals surface area contributed by atoms with Crippen molar-refractivity contribution in [3.05, 3.63) is 45.6 Å². The summed E-state index contributed by atoms with van der Waals surface area (Å²) in [7, 11) is 1.81. The van der Waals surface area contributed by atoms with Gasteiger partial charge in [-0.2, -0.15) is 18.2 Å². The Morgan fingerprint density at radius 3 is 2.73 bits per heavy atom. The molecule has 1 aromatic carbocycles. The number of aromatic nitrogens is 2. The lowest BCUT2D eigenvalue weighted by Crippen LogP contribution is -2.24. The van der Waals surface area contributed by atoms with Crippen molar-refractivity contribution < 1.29 is 22.6 Å². The Balaban J connectivity index is 2.00. The summed E-state index contributed by atoms with van der Waals surface area (Å²) in [5, 5.41) is 20.6. The normalized spacial score (nSPS) is 12.8. The number of nitrogens with zero attached hydrogens (tertiary/aromatic N) is 3. The van der Waals surface area contributed by atoms with Gasteiger partial charge in [0.1, 0.15) is 5.69 Å². The molecule has 1 heterocycles. The van der Waals surface area contributed by atoms with Gasteiger partial charge in [-0.1, -0.05) is 5.16 Å². The van der Waals surface area contributed by atoms with Crippen LogP contribution in [0.25, 0.3) is 0 Å². The number of benzene rings is 1. The van der Waals surface area contributed by atoms with Gasteiger partial charge in [0.2, 0.25) is 5.89 Å². The summed E-state index contributed by atoms with van der Waals surface area (Å²) in [6, 6.07) is 2.51. The van der Waals surface area contributed by atoms with E-state index in [1.165, 1.54) is 0 Å².